The van der Waals surface area contributed by atoms with Crippen molar-refractivity contribution in [2.45, 2.75) is 32.2 Å². The van der Waals surface area contributed by atoms with Gasteiger partial charge in [-0.05, 0) is 19.9 Å². The van der Waals surface area contributed by atoms with Crippen molar-refractivity contribution in [2.75, 3.05) is 18.0 Å². The Hall–Kier alpha value is -2.14. The van der Waals surface area contributed by atoms with Crippen LogP contribution in [0.25, 0.3) is 10.6 Å². The van der Waals surface area contributed by atoms with Crippen LogP contribution in [0.1, 0.15) is 29.2 Å². The molecule has 5 nitrogen and oxygen atoms in total. The van der Waals surface area contributed by atoms with Gasteiger partial charge in [-0.15, -0.1) is 10.2 Å². The van der Waals surface area contributed by atoms with Crippen molar-refractivity contribution in [1.29, 1.82) is 0 Å². The van der Waals surface area contributed by atoms with Gasteiger partial charge in [0.25, 0.3) is 0 Å². The van der Waals surface area contributed by atoms with Gasteiger partial charge in [0.2, 0.25) is 5.01 Å². The first-order valence-electron chi connectivity index (χ1n) is 7.90. The summed E-state index contributed by atoms with van der Waals surface area (Å²) in [4.78, 5) is 13.0. The first kappa shape index (κ1) is 19.6. The zero-order valence-corrected chi connectivity index (χ0v) is 15.0. The molecule has 1 aromatic carbocycles. The minimum absolute atomic E-state index is 0.0738. The molecule has 0 N–H and O–H groups in total. The molecule has 0 bridgehead atoms. The lowest BCUT2D eigenvalue weighted by Gasteiger charge is -2.37. The smallest absolute Gasteiger partial charge is 0.372 e. The molecule has 11 heteroatoms. The number of alkyl halides is 3. The number of aldehydes is 1. The third-order valence-corrected chi connectivity index (χ3v) is 4.97. The van der Waals surface area contributed by atoms with Crippen molar-refractivity contribution in [1.82, 2.24) is 10.2 Å². The third kappa shape index (κ3) is 3.79. The van der Waals surface area contributed by atoms with Gasteiger partial charge in [0.05, 0.1) is 23.5 Å². The van der Waals surface area contributed by atoms with Crippen LogP contribution in [0.2, 0.25) is 0 Å². The number of anilines is 1. The molecule has 2 unspecified atom stereocenters. The van der Waals surface area contributed by atoms with Crippen LogP contribution in [-0.4, -0.2) is 41.8 Å². The van der Waals surface area contributed by atoms with Crippen molar-refractivity contribution in [3.05, 3.63) is 28.3 Å². The average molecular weight is 407 g/mol. The van der Waals surface area contributed by atoms with Gasteiger partial charge in [0.15, 0.2) is 22.9 Å². The summed E-state index contributed by atoms with van der Waals surface area (Å²) in [6.07, 6.45) is -4.96. The van der Waals surface area contributed by atoms with E-state index >= 15 is 0 Å². The summed E-state index contributed by atoms with van der Waals surface area (Å²) in [6, 6.07) is 0.992. The van der Waals surface area contributed by atoms with Gasteiger partial charge >= 0.3 is 6.18 Å². The molecular formula is C16H14F5N3O2S. The molecule has 2 aromatic rings. The van der Waals surface area contributed by atoms with Gasteiger partial charge < -0.3 is 9.64 Å². The van der Waals surface area contributed by atoms with E-state index < -0.39 is 33.4 Å². The Balaban J connectivity index is 2.08. The maximum atomic E-state index is 14.8. The quantitative estimate of drug-likeness (QED) is 0.570. The molecule has 1 fully saturated rings. The summed E-state index contributed by atoms with van der Waals surface area (Å²) < 4.78 is 73.0. The van der Waals surface area contributed by atoms with E-state index in [0.717, 1.165) is 6.07 Å². The number of aromatic nitrogens is 2. The Labute approximate surface area is 154 Å². The summed E-state index contributed by atoms with van der Waals surface area (Å²) in [6.45, 7) is 3.98. The van der Waals surface area contributed by atoms with Crippen LogP contribution < -0.4 is 4.90 Å². The van der Waals surface area contributed by atoms with Crippen LogP contribution in [0, 0.1) is 11.6 Å². The molecule has 146 valence electrons. The normalized spacial score (nSPS) is 20.8. The van der Waals surface area contributed by atoms with E-state index in [4.69, 9.17) is 4.74 Å². The van der Waals surface area contributed by atoms with E-state index in [-0.39, 0.29) is 47.9 Å². The van der Waals surface area contributed by atoms with Crippen LogP contribution in [0.4, 0.5) is 27.6 Å². The molecule has 1 aliphatic rings. The van der Waals surface area contributed by atoms with Gasteiger partial charge in [-0.3, -0.25) is 4.79 Å². The van der Waals surface area contributed by atoms with E-state index in [1.165, 1.54) is 4.90 Å². The van der Waals surface area contributed by atoms with Gasteiger partial charge in [-0.2, -0.15) is 13.2 Å². The lowest BCUT2D eigenvalue weighted by molar-refractivity contribution is -0.138. The summed E-state index contributed by atoms with van der Waals surface area (Å²) >= 11 is 0.0738. The van der Waals surface area contributed by atoms with Crippen molar-refractivity contribution in [3.8, 4) is 10.6 Å². The Morgan fingerprint density at radius 3 is 2.33 bits per heavy atom. The molecular weight excluding hydrogens is 393 g/mol. The summed E-state index contributed by atoms with van der Waals surface area (Å²) in [5.41, 5.74) is -0.969. The lowest BCUT2D eigenvalue weighted by Crippen LogP contribution is -2.46. The number of nitrogens with zero attached hydrogens (tertiary/aromatic N) is 3. The van der Waals surface area contributed by atoms with Crippen molar-refractivity contribution >= 4 is 23.3 Å². The van der Waals surface area contributed by atoms with Crippen LogP contribution >= 0.6 is 11.3 Å². The molecule has 0 spiro atoms. The van der Waals surface area contributed by atoms with Crippen molar-refractivity contribution < 1.29 is 31.5 Å². The number of morpholine rings is 1. The van der Waals surface area contributed by atoms with E-state index in [9.17, 15) is 26.7 Å². The van der Waals surface area contributed by atoms with Crippen LogP contribution in [-0.2, 0) is 10.9 Å². The Bertz CT molecular complexity index is 860. The van der Waals surface area contributed by atoms with E-state index in [1.807, 2.05) is 0 Å². The second-order valence-corrected chi connectivity index (χ2v) is 7.16. The molecule has 0 aliphatic carbocycles. The third-order valence-electron chi connectivity index (χ3n) is 3.97. The van der Waals surface area contributed by atoms with Crippen LogP contribution in [0.3, 0.4) is 0 Å². The molecule has 0 amide bonds. The fourth-order valence-corrected chi connectivity index (χ4v) is 3.73. The SMILES string of the molecule is CC1CN(c2c(C=O)cc(-c3nnc(C(F)(F)F)s3)c(F)c2F)CC(C)O1. The summed E-state index contributed by atoms with van der Waals surface area (Å²) in [5, 5.41) is 4.50. The van der Waals surface area contributed by atoms with E-state index in [0.29, 0.717) is 6.29 Å². The fraction of sp³-hybridized carbons (Fsp3) is 0.438. The standard InChI is InChI=1S/C16H14F5N3O2S/c1-7-4-24(5-8(2)26-7)13-9(6-25)3-10(11(17)12(13)18)14-22-23-15(27-14)16(19,20)21/h3,6-8H,4-5H2,1-2H3. The highest BCUT2D eigenvalue weighted by atomic mass is 32.1. The number of benzene rings is 1. The molecule has 3 rings (SSSR count). The van der Waals surface area contributed by atoms with E-state index in [1.54, 1.807) is 13.8 Å². The minimum atomic E-state index is -4.75. The molecule has 1 aromatic heterocycles. The van der Waals surface area contributed by atoms with Crippen molar-refractivity contribution in [2.24, 2.45) is 0 Å². The Morgan fingerprint density at radius 2 is 1.81 bits per heavy atom. The maximum Gasteiger partial charge on any atom is 0.445 e. The number of halogens is 5. The van der Waals surface area contributed by atoms with E-state index in [2.05, 4.69) is 10.2 Å². The zero-order valence-electron chi connectivity index (χ0n) is 14.2. The summed E-state index contributed by atoms with van der Waals surface area (Å²) in [5.74, 6) is -2.70. The monoisotopic (exact) mass is 407 g/mol. The minimum Gasteiger partial charge on any atom is -0.372 e. The topological polar surface area (TPSA) is 55.3 Å². The van der Waals surface area contributed by atoms with Crippen LogP contribution in [0.5, 0.6) is 0 Å². The molecule has 2 heterocycles. The number of hydrogen-bond acceptors (Lipinski definition) is 6. The van der Waals surface area contributed by atoms with Gasteiger partial charge in [-0.25, -0.2) is 8.78 Å². The van der Waals surface area contributed by atoms with Gasteiger partial charge in [0.1, 0.15) is 0 Å². The molecule has 1 aliphatic heterocycles. The molecule has 0 saturated carbocycles. The molecule has 0 radical (unpaired) electrons. The predicted molar refractivity (Wildman–Crippen MR) is 87.9 cm³/mol. The largest absolute Gasteiger partial charge is 0.445 e. The van der Waals surface area contributed by atoms with Gasteiger partial charge in [0, 0.05) is 18.7 Å². The first-order valence-corrected chi connectivity index (χ1v) is 8.72. The molecule has 1 saturated heterocycles. The molecule has 27 heavy (non-hydrogen) atoms. The highest BCUT2D eigenvalue weighted by Crippen LogP contribution is 2.39. The maximum absolute atomic E-state index is 14.8. The summed E-state index contributed by atoms with van der Waals surface area (Å²) in [7, 11) is 0. The highest BCUT2D eigenvalue weighted by Gasteiger charge is 2.36. The lowest BCUT2D eigenvalue weighted by atomic mass is 10.1. The van der Waals surface area contributed by atoms with Crippen molar-refractivity contribution in [3.63, 3.8) is 0 Å². The molecule has 2 atom stereocenters. The number of ether oxygens (including phenoxy) is 1. The second-order valence-electron chi connectivity index (χ2n) is 6.18. The first-order chi connectivity index (χ1) is 12.6. The Kier molecular flexibility index (Phi) is 5.17. The second kappa shape index (κ2) is 7.12. The number of rotatable bonds is 3. The number of carbonyl (C=O) groups excluding carboxylic acids is 1. The van der Waals surface area contributed by atoms with Crippen LogP contribution in [0.15, 0.2) is 6.07 Å². The average Bonchev–Trinajstić information content (AvgIpc) is 3.06. The number of hydrogen-bond donors (Lipinski definition) is 0. The van der Waals surface area contributed by atoms with Gasteiger partial charge in [-0.1, -0.05) is 11.3 Å². The fourth-order valence-electron chi connectivity index (χ4n) is 3.01. The predicted octanol–water partition coefficient (Wildman–Crippen LogP) is 3.93. The highest BCUT2D eigenvalue weighted by molar-refractivity contribution is 7.14. The Morgan fingerprint density at radius 1 is 1.19 bits per heavy atom. The number of carbonyl (C=O) groups is 1. The zero-order chi connectivity index (χ0) is 19.9.